The average molecular weight is 383 g/mol. The van der Waals surface area contributed by atoms with E-state index in [1.807, 2.05) is 24.3 Å². The molecular weight excluding hydrogens is 362 g/mol. The van der Waals surface area contributed by atoms with Crippen molar-refractivity contribution in [1.82, 2.24) is 5.32 Å². The number of carbonyl (C=O) groups excluding carboxylic acids is 1. The van der Waals surface area contributed by atoms with Gasteiger partial charge in [0.2, 0.25) is 5.91 Å². The second-order valence-electron chi connectivity index (χ2n) is 6.08. The van der Waals surface area contributed by atoms with Gasteiger partial charge in [-0.3, -0.25) is 4.79 Å². The molecule has 4 nitrogen and oxygen atoms in total. The minimum Gasteiger partial charge on any atom is -0.487 e. The van der Waals surface area contributed by atoms with Crippen molar-refractivity contribution in [1.29, 1.82) is 0 Å². The molecule has 2 aromatic carbocycles. The van der Waals surface area contributed by atoms with Gasteiger partial charge >= 0.3 is 0 Å². The van der Waals surface area contributed by atoms with E-state index in [0.29, 0.717) is 24.4 Å². The van der Waals surface area contributed by atoms with Crippen LogP contribution in [0.25, 0.3) is 0 Å². The van der Waals surface area contributed by atoms with Crippen LogP contribution in [0.5, 0.6) is 5.75 Å². The Labute approximate surface area is 157 Å². The number of hydrogen-bond acceptors (Lipinski definition) is 3. The van der Waals surface area contributed by atoms with E-state index in [0.717, 1.165) is 11.1 Å². The van der Waals surface area contributed by atoms with Gasteiger partial charge in [-0.05, 0) is 36.1 Å². The van der Waals surface area contributed by atoms with Gasteiger partial charge in [0.1, 0.15) is 12.4 Å². The van der Waals surface area contributed by atoms with Gasteiger partial charge in [-0.1, -0.05) is 30.3 Å². The molecule has 0 saturated heterocycles. The van der Waals surface area contributed by atoms with Gasteiger partial charge in [0, 0.05) is 18.3 Å². The summed E-state index contributed by atoms with van der Waals surface area (Å²) in [6.07, 6.45) is -1.92. The summed E-state index contributed by atoms with van der Waals surface area (Å²) in [5.74, 6) is 0.193. The molecule has 1 unspecified atom stereocenters. The lowest BCUT2D eigenvalue weighted by Crippen LogP contribution is -2.44. The molecule has 0 radical (unpaired) electrons. The monoisotopic (exact) mass is 382 g/mol. The first kappa shape index (κ1) is 20.1. The van der Waals surface area contributed by atoms with Gasteiger partial charge in [0.05, 0.1) is 6.04 Å². The van der Waals surface area contributed by atoms with Crippen LogP contribution in [0.4, 0.5) is 14.5 Å². The SMILES string of the molecule is Cc1ccc(NC(=O)C2Cc3ccccc3CN2)cc1OCC(F)F.Cl. The number of amides is 1. The van der Waals surface area contributed by atoms with Gasteiger partial charge in [-0.15, -0.1) is 12.4 Å². The summed E-state index contributed by atoms with van der Waals surface area (Å²) in [5, 5.41) is 6.05. The molecule has 7 heteroatoms. The molecule has 1 heterocycles. The molecule has 0 saturated carbocycles. The fourth-order valence-corrected chi connectivity index (χ4v) is 2.86. The van der Waals surface area contributed by atoms with Crippen LogP contribution in [0.1, 0.15) is 16.7 Å². The molecule has 1 amide bonds. The van der Waals surface area contributed by atoms with Crippen LogP contribution >= 0.6 is 12.4 Å². The lowest BCUT2D eigenvalue weighted by atomic mass is 9.95. The van der Waals surface area contributed by atoms with E-state index in [-0.39, 0.29) is 24.4 Å². The second kappa shape index (κ2) is 8.96. The Bertz CT molecular complexity index is 771. The lowest BCUT2D eigenvalue weighted by molar-refractivity contribution is -0.118. The predicted octanol–water partition coefficient (Wildman–Crippen LogP) is 3.71. The molecule has 0 bridgehead atoms. The summed E-state index contributed by atoms with van der Waals surface area (Å²) in [6, 6.07) is 12.7. The van der Waals surface area contributed by atoms with Crippen molar-refractivity contribution < 1.29 is 18.3 Å². The largest absolute Gasteiger partial charge is 0.487 e. The van der Waals surface area contributed by atoms with Gasteiger partial charge in [-0.2, -0.15) is 0 Å². The van der Waals surface area contributed by atoms with Crippen LogP contribution in [0, 0.1) is 6.92 Å². The Morgan fingerprint density at radius 2 is 2.00 bits per heavy atom. The third kappa shape index (κ3) is 4.93. The molecule has 1 aliphatic rings. The van der Waals surface area contributed by atoms with E-state index in [1.54, 1.807) is 25.1 Å². The molecular formula is C19H21ClF2N2O2. The normalized spacial score (nSPS) is 15.8. The molecule has 0 aliphatic carbocycles. The van der Waals surface area contributed by atoms with Gasteiger partial charge in [0.25, 0.3) is 6.43 Å². The number of aryl methyl sites for hydroxylation is 1. The van der Waals surface area contributed by atoms with E-state index in [9.17, 15) is 13.6 Å². The molecule has 140 valence electrons. The Balaban J connectivity index is 0.00000243. The number of rotatable bonds is 5. The highest BCUT2D eigenvalue weighted by molar-refractivity contribution is 5.95. The maximum atomic E-state index is 12.5. The van der Waals surface area contributed by atoms with E-state index >= 15 is 0 Å². The zero-order valence-electron chi connectivity index (χ0n) is 14.3. The van der Waals surface area contributed by atoms with E-state index < -0.39 is 13.0 Å². The van der Waals surface area contributed by atoms with Crippen LogP contribution in [-0.2, 0) is 17.8 Å². The Kier molecular flexibility index (Phi) is 6.94. The number of halogens is 3. The Morgan fingerprint density at radius 3 is 2.73 bits per heavy atom. The number of carbonyl (C=O) groups is 1. The van der Waals surface area contributed by atoms with Crippen molar-refractivity contribution in [3.63, 3.8) is 0 Å². The molecule has 0 aromatic heterocycles. The van der Waals surface area contributed by atoms with Crippen molar-refractivity contribution >= 4 is 24.0 Å². The minimum absolute atomic E-state index is 0. The smallest absolute Gasteiger partial charge is 0.272 e. The van der Waals surface area contributed by atoms with Crippen molar-refractivity contribution in [2.24, 2.45) is 0 Å². The van der Waals surface area contributed by atoms with Gasteiger partial charge < -0.3 is 15.4 Å². The maximum Gasteiger partial charge on any atom is 0.272 e. The fourth-order valence-electron chi connectivity index (χ4n) is 2.86. The van der Waals surface area contributed by atoms with Crippen molar-refractivity contribution in [3.8, 4) is 5.75 Å². The van der Waals surface area contributed by atoms with Crippen LogP contribution < -0.4 is 15.4 Å². The molecule has 26 heavy (non-hydrogen) atoms. The quantitative estimate of drug-likeness (QED) is 0.828. The Morgan fingerprint density at radius 1 is 1.27 bits per heavy atom. The summed E-state index contributed by atoms with van der Waals surface area (Å²) in [4.78, 5) is 12.5. The molecule has 0 fully saturated rings. The third-order valence-corrected chi connectivity index (χ3v) is 4.22. The summed E-state index contributed by atoms with van der Waals surface area (Å²) < 4.78 is 29.7. The minimum atomic E-state index is -2.54. The van der Waals surface area contributed by atoms with E-state index in [2.05, 4.69) is 10.6 Å². The number of hydrogen-bond donors (Lipinski definition) is 2. The number of alkyl halides is 2. The molecule has 1 atom stereocenters. The summed E-state index contributed by atoms with van der Waals surface area (Å²) in [5.41, 5.74) is 3.62. The second-order valence-corrected chi connectivity index (χ2v) is 6.08. The van der Waals surface area contributed by atoms with Gasteiger partial charge in [0.15, 0.2) is 0 Å². The predicted molar refractivity (Wildman–Crippen MR) is 99.3 cm³/mol. The topological polar surface area (TPSA) is 50.4 Å². The summed E-state index contributed by atoms with van der Waals surface area (Å²) in [7, 11) is 0. The van der Waals surface area contributed by atoms with Gasteiger partial charge in [-0.25, -0.2) is 8.78 Å². The number of nitrogens with one attached hydrogen (secondary N) is 2. The van der Waals surface area contributed by atoms with Crippen molar-refractivity contribution in [2.45, 2.75) is 32.4 Å². The first-order valence-corrected chi connectivity index (χ1v) is 8.15. The highest BCUT2D eigenvalue weighted by Gasteiger charge is 2.24. The summed E-state index contributed by atoms with van der Waals surface area (Å²) >= 11 is 0. The van der Waals surface area contributed by atoms with E-state index in [4.69, 9.17) is 4.74 Å². The first-order valence-electron chi connectivity index (χ1n) is 8.15. The summed E-state index contributed by atoms with van der Waals surface area (Å²) in [6.45, 7) is 1.75. The molecule has 1 aliphatic heterocycles. The molecule has 2 aromatic rings. The van der Waals surface area contributed by atoms with E-state index in [1.165, 1.54) is 5.56 Å². The number of fused-ring (bicyclic) bond motifs is 1. The van der Waals surface area contributed by atoms with Crippen LogP contribution in [0.2, 0.25) is 0 Å². The fraction of sp³-hybridized carbons (Fsp3) is 0.316. The number of anilines is 1. The van der Waals surface area contributed by atoms with Crippen molar-refractivity contribution in [3.05, 3.63) is 59.2 Å². The highest BCUT2D eigenvalue weighted by atomic mass is 35.5. The zero-order chi connectivity index (χ0) is 17.8. The highest BCUT2D eigenvalue weighted by Crippen LogP contribution is 2.24. The Hall–Kier alpha value is -2.18. The molecule has 2 N–H and O–H groups in total. The first-order chi connectivity index (χ1) is 12.0. The molecule has 3 rings (SSSR count). The molecule has 0 spiro atoms. The van der Waals surface area contributed by atoms with Crippen molar-refractivity contribution in [2.75, 3.05) is 11.9 Å². The van der Waals surface area contributed by atoms with Crippen LogP contribution in [0.15, 0.2) is 42.5 Å². The maximum absolute atomic E-state index is 12.5. The number of ether oxygens (including phenoxy) is 1. The van der Waals surface area contributed by atoms with Crippen LogP contribution in [0.3, 0.4) is 0 Å². The standard InChI is InChI=1S/C19H20F2N2O2.ClH/c1-12-6-7-15(9-17(12)25-11-18(20)21)23-19(24)16-8-13-4-2-3-5-14(13)10-22-16;/h2-7,9,16,18,22H,8,10-11H2,1H3,(H,23,24);1H. The lowest BCUT2D eigenvalue weighted by Gasteiger charge is -2.25. The average Bonchev–Trinajstić information content (AvgIpc) is 2.61. The van der Waals surface area contributed by atoms with Crippen LogP contribution in [-0.4, -0.2) is 25.0 Å². The number of benzene rings is 2. The zero-order valence-corrected chi connectivity index (χ0v) is 15.1. The third-order valence-electron chi connectivity index (χ3n) is 4.22.